The maximum Gasteiger partial charge on any atom is 0.276 e. The maximum absolute atomic E-state index is 13.1. The fourth-order valence-electron chi connectivity index (χ4n) is 1.98. The molecule has 2 aromatic carbocycles. The minimum absolute atomic E-state index is 0.115. The number of rotatable bonds is 4. The van der Waals surface area contributed by atoms with Crippen LogP contribution < -0.4 is 10.6 Å². The number of halogens is 2. The summed E-state index contributed by atoms with van der Waals surface area (Å²) in [6, 6.07) is 15.9. The van der Waals surface area contributed by atoms with E-state index in [0.29, 0.717) is 22.2 Å². The van der Waals surface area contributed by atoms with Crippen LogP contribution in [0.4, 0.5) is 21.6 Å². The van der Waals surface area contributed by atoms with Gasteiger partial charge in [0.05, 0.1) is 10.7 Å². The average molecular weight is 343 g/mol. The lowest BCUT2D eigenvalue weighted by molar-refractivity contribution is 0.102. The van der Waals surface area contributed by atoms with E-state index in [1.165, 1.54) is 24.3 Å². The van der Waals surface area contributed by atoms with Gasteiger partial charge in [-0.2, -0.15) is 0 Å². The van der Waals surface area contributed by atoms with Crippen LogP contribution in [0.5, 0.6) is 0 Å². The van der Waals surface area contributed by atoms with Crippen LogP contribution in [0.1, 0.15) is 10.5 Å². The Hall–Kier alpha value is -2.99. The molecule has 7 heteroatoms. The van der Waals surface area contributed by atoms with Crippen LogP contribution in [-0.4, -0.2) is 16.1 Å². The van der Waals surface area contributed by atoms with E-state index in [2.05, 4.69) is 20.8 Å². The molecule has 0 unspecified atom stereocenters. The number of nitrogens with one attached hydrogen (secondary N) is 2. The Morgan fingerprint density at radius 1 is 1.00 bits per heavy atom. The van der Waals surface area contributed by atoms with E-state index in [0.717, 1.165) is 0 Å². The number of hydrogen-bond donors (Lipinski definition) is 2. The molecule has 5 nitrogen and oxygen atoms in total. The van der Waals surface area contributed by atoms with Crippen molar-refractivity contribution in [3.63, 3.8) is 0 Å². The van der Waals surface area contributed by atoms with E-state index in [9.17, 15) is 9.18 Å². The Bertz CT molecular complexity index is 870. The number of aromatic nitrogens is 2. The van der Waals surface area contributed by atoms with Crippen LogP contribution in [0.25, 0.3) is 0 Å². The summed E-state index contributed by atoms with van der Waals surface area (Å²) < 4.78 is 13.1. The van der Waals surface area contributed by atoms with Crippen molar-refractivity contribution < 1.29 is 9.18 Å². The lowest BCUT2D eigenvalue weighted by Crippen LogP contribution is -2.14. The number of benzene rings is 2. The topological polar surface area (TPSA) is 66.9 Å². The molecule has 0 aliphatic carbocycles. The molecule has 0 saturated heterocycles. The van der Waals surface area contributed by atoms with E-state index in [4.69, 9.17) is 11.6 Å². The molecule has 1 heterocycles. The van der Waals surface area contributed by atoms with Crippen molar-refractivity contribution >= 4 is 34.7 Å². The highest BCUT2D eigenvalue weighted by molar-refractivity contribution is 6.33. The molecular formula is C17H12ClFN4O. The third-order valence-electron chi connectivity index (χ3n) is 3.12. The summed E-state index contributed by atoms with van der Waals surface area (Å²) >= 11 is 6.05. The van der Waals surface area contributed by atoms with Gasteiger partial charge in [0.15, 0.2) is 11.5 Å². The fourth-order valence-corrected chi connectivity index (χ4v) is 2.16. The zero-order chi connectivity index (χ0) is 16.9. The summed E-state index contributed by atoms with van der Waals surface area (Å²) in [6.45, 7) is 0. The average Bonchev–Trinajstić information content (AvgIpc) is 2.57. The van der Waals surface area contributed by atoms with Crippen LogP contribution in [0.15, 0.2) is 60.7 Å². The second-order valence-corrected chi connectivity index (χ2v) is 5.28. The summed E-state index contributed by atoms with van der Waals surface area (Å²) in [5.74, 6) is -0.457. The van der Waals surface area contributed by atoms with Gasteiger partial charge >= 0.3 is 0 Å². The molecule has 3 aromatic rings. The third kappa shape index (κ3) is 3.85. The Balaban J connectivity index is 1.70. The first kappa shape index (κ1) is 15.9. The first-order valence-electron chi connectivity index (χ1n) is 7.04. The van der Waals surface area contributed by atoms with Crippen LogP contribution >= 0.6 is 11.6 Å². The molecule has 2 N–H and O–H groups in total. The largest absolute Gasteiger partial charge is 0.338 e. The molecule has 0 aliphatic heterocycles. The first-order chi connectivity index (χ1) is 11.6. The minimum Gasteiger partial charge on any atom is -0.338 e. The van der Waals surface area contributed by atoms with Gasteiger partial charge in [0, 0.05) is 5.69 Å². The van der Waals surface area contributed by atoms with Crippen LogP contribution in [-0.2, 0) is 0 Å². The van der Waals surface area contributed by atoms with Gasteiger partial charge in [0.2, 0.25) is 0 Å². The fraction of sp³-hybridized carbons (Fsp3) is 0. The quantitative estimate of drug-likeness (QED) is 0.743. The summed E-state index contributed by atoms with van der Waals surface area (Å²) in [7, 11) is 0. The molecule has 0 spiro atoms. The van der Waals surface area contributed by atoms with Gasteiger partial charge < -0.3 is 10.6 Å². The van der Waals surface area contributed by atoms with Gasteiger partial charge in [-0.3, -0.25) is 4.79 Å². The zero-order valence-corrected chi connectivity index (χ0v) is 13.1. The number of para-hydroxylation sites is 1. The summed E-state index contributed by atoms with van der Waals surface area (Å²) in [6.07, 6.45) is 0. The molecule has 24 heavy (non-hydrogen) atoms. The number of anilines is 3. The molecular weight excluding hydrogens is 331 g/mol. The second-order valence-electron chi connectivity index (χ2n) is 4.87. The van der Waals surface area contributed by atoms with Crippen molar-refractivity contribution in [2.75, 3.05) is 10.6 Å². The third-order valence-corrected chi connectivity index (χ3v) is 3.45. The number of nitrogens with zero attached hydrogens (tertiary/aromatic N) is 2. The van der Waals surface area contributed by atoms with Crippen LogP contribution in [0.2, 0.25) is 5.02 Å². The monoisotopic (exact) mass is 342 g/mol. The van der Waals surface area contributed by atoms with Gasteiger partial charge in [-0.1, -0.05) is 29.8 Å². The van der Waals surface area contributed by atoms with Crippen molar-refractivity contribution in [3.05, 3.63) is 77.2 Å². The van der Waals surface area contributed by atoms with Crippen LogP contribution in [0.3, 0.4) is 0 Å². The number of carbonyl (C=O) groups excluding carboxylic acids is 1. The standard InChI is InChI=1S/C17H12ClFN4O/c18-13-6-1-2-7-14(13)21-16-9-8-15(22-23-16)17(24)20-12-5-3-4-11(19)10-12/h1-10H,(H,20,24)(H,21,23). The number of hydrogen-bond acceptors (Lipinski definition) is 4. The van der Waals surface area contributed by atoms with E-state index in [-0.39, 0.29) is 5.69 Å². The lowest BCUT2D eigenvalue weighted by atomic mass is 10.3. The Kier molecular flexibility index (Phi) is 4.67. The number of carbonyl (C=O) groups is 1. The number of amides is 1. The summed E-state index contributed by atoms with van der Waals surface area (Å²) in [5, 5.41) is 13.9. The highest BCUT2D eigenvalue weighted by atomic mass is 35.5. The highest BCUT2D eigenvalue weighted by Crippen LogP contribution is 2.23. The zero-order valence-electron chi connectivity index (χ0n) is 12.3. The van der Waals surface area contributed by atoms with E-state index >= 15 is 0 Å². The van der Waals surface area contributed by atoms with Crippen molar-refractivity contribution in [1.82, 2.24) is 10.2 Å². The Morgan fingerprint density at radius 2 is 1.83 bits per heavy atom. The molecule has 1 aromatic heterocycles. The predicted molar refractivity (Wildman–Crippen MR) is 91.1 cm³/mol. The summed E-state index contributed by atoms with van der Waals surface area (Å²) in [4.78, 5) is 12.1. The van der Waals surface area contributed by atoms with Crippen molar-refractivity contribution in [2.24, 2.45) is 0 Å². The molecule has 0 radical (unpaired) electrons. The van der Waals surface area contributed by atoms with E-state index < -0.39 is 11.7 Å². The van der Waals surface area contributed by atoms with Gasteiger partial charge in [0.1, 0.15) is 5.82 Å². The van der Waals surface area contributed by atoms with Gasteiger partial charge in [-0.25, -0.2) is 4.39 Å². The molecule has 0 aliphatic rings. The van der Waals surface area contributed by atoms with Crippen molar-refractivity contribution in [3.8, 4) is 0 Å². The van der Waals surface area contributed by atoms with Gasteiger partial charge in [0.25, 0.3) is 5.91 Å². The molecule has 120 valence electrons. The van der Waals surface area contributed by atoms with Crippen molar-refractivity contribution in [1.29, 1.82) is 0 Å². The SMILES string of the molecule is O=C(Nc1cccc(F)c1)c1ccc(Nc2ccccc2Cl)nn1. The highest BCUT2D eigenvalue weighted by Gasteiger charge is 2.09. The normalized spacial score (nSPS) is 10.2. The Labute approximate surface area is 142 Å². The minimum atomic E-state index is -0.475. The lowest BCUT2D eigenvalue weighted by Gasteiger charge is -2.07. The smallest absolute Gasteiger partial charge is 0.276 e. The van der Waals surface area contributed by atoms with E-state index in [1.54, 1.807) is 24.3 Å². The first-order valence-corrected chi connectivity index (χ1v) is 7.42. The van der Waals surface area contributed by atoms with Crippen LogP contribution in [0, 0.1) is 5.82 Å². The molecule has 0 fully saturated rings. The maximum atomic E-state index is 13.1. The van der Waals surface area contributed by atoms with Crippen molar-refractivity contribution in [2.45, 2.75) is 0 Å². The summed E-state index contributed by atoms with van der Waals surface area (Å²) in [5.41, 5.74) is 1.15. The molecule has 0 saturated carbocycles. The molecule has 1 amide bonds. The molecule has 3 rings (SSSR count). The molecule has 0 bridgehead atoms. The van der Waals surface area contributed by atoms with E-state index in [1.807, 2.05) is 12.1 Å². The van der Waals surface area contributed by atoms with Gasteiger partial charge in [-0.05, 0) is 42.5 Å². The second kappa shape index (κ2) is 7.06. The molecule has 0 atom stereocenters. The Morgan fingerprint density at radius 3 is 2.54 bits per heavy atom. The van der Waals surface area contributed by atoms with Gasteiger partial charge in [-0.15, -0.1) is 10.2 Å². The predicted octanol–water partition coefficient (Wildman–Crippen LogP) is 4.27.